The number of phenols is 1. The smallest absolute Gasteiger partial charge is 0.139 e. The molecule has 0 aliphatic carbocycles. The molecule has 0 aliphatic rings. The highest BCUT2D eigenvalue weighted by Gasteiger charge is 2.19. The quantitative estimate of drug-likeness (QED) is 0.825. The Labute approximate surface area is 101 Å². The molecule has 90 valence electrons. The predicted molar refractivity (Wildman–Crippen MR) is 66.8 cm³/mol. The summed E-state index contributed by atoms with van der Waals surface area (Å²) in [6.07, 6.45) is 0. The zero-order chi connectivity index (χ0) is 12.3. The Hall–Kier alpha value is -1.03. The molecule has 1 aromatic rings. The van der Waals surface area contributed by atoms with Gasteiger partial charge in [-0.15, -0.1) is 11.8 Å². The fourth-order valence-corrected chi connectivity index (χ4v) is 2.26. The number of hydrogen-bond acceptors (Lipinski definition) is 4. The Morgan fingerprint density at radius 2 is 1.75 bits per heavy atom. The predicted octanol–water partition coefficient (Wildman–Crippen LogP) is 3.30. The largest absolute Gasteiger partial charge is 0.506 e. The maximum Gasteiger partial charge on any atom is 0.139 e. The van der Waals surface area contributed by atoms with E-state index >= 15 is 0 Å². The molecule has 0 amide bonds. The molecule has 0 atom stereocenters. The van der Waals surface area contributed by atoms with Gasteiger partial charge in [0.15, 0.2) is 0 Å². The highest BCUT2D eigenvalue weighted by molar-refractivity contribution is 8.00. The van der Waals surface area contributed by atoms with Gasteiger partial charge in [0.1, 0.15) is 17.2 Å². The van der Waals surface area contributed by atoms with Crippen LogP contribution in [0.15, 0.2) is 17.0 Å². The summed E-state index contributed by atoms with van der Waals surface area (Å²) in [5.41, 5.74) is 0. The van der Waals surface area contributed by atoms with E-state index in [0.29, 0.717) is 11.5 Å². The lowest BCUT2D eigenvalue weighted by Crippen LogP contribution is -2.07. The lowest BCUT2D eigenvalue weighted by atomic mass is 10.2. The molecule has 1 aromatic carbocycles. The SMILES string of the molecule is COc1cc(O)c(SC(C)(C)C)c(OC)c1. The van der Waals surface area contributed by atoms with Crippen LogP contribution in [0.5, 0.6) is 17.2 Å². The number of benzene rings is 1. The first-order valence-electron chi connectivity index (χ1n) is 5.01. The topological polar surface area (TPSA) is 38.7 Å². The summed E-state index contributed by atoms with van der Waals surface area (Å²) in [6.45, 7) is 6.25. The summed E-state index contributed by atoms with van der Waals surface area (Å²) >= 11 is 1.57. The van der Waals surface area contributed by atoms with Gasteiger partial charge in [-0.05, 0) is 0 Å². The molecule has 1 N–H and O–H groups in total. The first-order chi connectivity index (χ1) is 7.37. The molecular formula is C12H18O3S. The zero-order valence-corrected chi connectivity index (χ0v) is 11.1. The Balaban J connectivity index is 3.16. The van der Waals surface area contributed by atoms with Crippen molar-refractivity contribution in [2.24, 2.45) is 0 Å². The lowest BCUT2D eigenvalue weighted by Gasteiger charge is -2.20. The number of ether oxygens (including phenoxy) is 2. The first-order valence-corrected chi connectivity index (χ1v) is 5.83. The number of methoxy groups -OCH3 is 2. The van der Waals surface area contributed by atoms with Gasteiger partial charge in [0, 0.05) is 16.9 Å². The number of rotatable bonds is 3. The van der Waals surface area contributed by atoms with E-state index in [1.54, 1.807) is 38.1 Å². The molecule has 0 heterocycles. The number of phenolic OH excluding ortho intramolecular Hbond substituents is 1. The summed E-state index contributed by atoms with van der Waals surface area (Å²) in [5.74, 6) is 1.42. The highest BCUT2D eigenvalue weighted by Crippen LogP contribution is 2.45. The molecule has 0 spiro atoms. The van der Waals surface area contributed by atoms with Gasteiger partial charge >= 0.3 is 0 Å². The van der Waals surface area contributed by atoms with E-state index in [2.05, 4.69) is 20.8 Å². The van der Waals surface area contributed by atoms with Crippen molar-refractivity contribution in [2.75, 3.05) is 14.2 Å². The van der Waals surface area contributed by atoms with Crippen LogP contribution in [0.3, 0.4) is 0 Å². The molecule has 4 heteroatoms. The van der Waals surface area contributed by atoms with Gasteiger partial charge in [0.2, 0.25) is 0 Å². The van der Waals surface area contributed by atoms with Crippen molar-refractivity contribution in [1.82, 2.24) is 0 Å². The molecule has 1 rings (SSSR count). The molecular weight excluding hydrogens is 224 g/mol. The fraction of sp³-hybridized carbons (Fsp3) is 0.500. The Morgan fingerprint density at radius 1 is 1.12 bits per heavy atom. The monoisotopic (exact) mass is 242 g/mol. The fourth-order valence-electron chi connectivity index (χ4n) is 1.24. The first kappa shape index (κ1) is 13.0. The molecule has 16 heavy (non-hydrogen) atoms. The van der Waals surface area contributed by atoms with Crippen LogP contribution in [-0.2, 0) is 0 Å². The maximum atomic E-state index is 9.92. The summed E-state index contributed by atoms with van der Waals surface area (Å²) in [7, 11) is 3.14. The van der Waals surface area contributed by atoms with Crippen molar-refractivity contribution in [3.8, 4) is 17.2 Å². The van der Waals surface area contributed by atoms with Gasteiger partial charge in [-0.1, -0.05) is 20.8 Å². The summed E-state index contributed by atoms with van der Waals surface area (Å²) in [5, 5.41) is 9.92. The van der Waals surface area contributed by atoms with Crippen molar-refractivity contribution in [2.45, 2.75) is 30.4 Å². The average molecular weight is 242 g/mol. The Kier molecular flexibility index (Phi) is 3.97. The third-order valence-corrected chi connectivity index (χ3v) is 3.10. The van der Waals surface area contributed by atoms with Gasteiger partial charge in [-0.3, -0.25) is 0 Å². The van der Waals surface area contributed by atoms with E-state index in [1.165, 1.54) is 0 Å². The van der Waals surface area contributed by atoms with Gasteiger partial charge in [0.05, 0.1) is 19.1 Å². The summed E-state index contributed by atoms with van der Waals surface area (Å²) in [4.78, 5) is 0.746. The molecule has 0 saturated carbocycles. The van der Waals surface area contributed by atoms with Crippen molar-refractivity contribution in [3.63, 3.8) is 0 Å². The third-order valence-electron chi connectivity index (χ3n) is 1.87. The molecule has 0 unspecified atom stereocenters. The van der Waals surface area contributed by atoms with Crippen LogP contribution in [0.2, 0.25) is 0 Å². The highest BCUT2D eigenvalue weighted by atomic mass is 32.2. The minimum Gasteiger partial charge on any atom is -0.506 e. The van der Waals surface area contributed by atoms with Crippen LogP contribution in [0.4, 0.5) is 0 Å². The van der Waals surface area contributed by atoms with E-state index in [4.69, 9.17) is 9.47 Å². The van der Waals surface area contributed by atoms with E-state index in [9.17, 15) is 5.11 Å². The second-order valence-corrected chi connectivity index (χ2v) is 6.23. The second kappa shape index (κ2) is 4.87. The zero-order valence-electron chi connectivity index (χ0n) is 10.3. The van der Waals surface area contributed by atoms with Crippen LogP contribution in [0.1, 0.15) is 20.8 Å². The Bertz CT molecular complexity index is 369. The van der Waals surface area contributed by atoms with Crippen LogP contribution < -0.4 is 9.47 Å². The van der Waals surface area contributed by atoms with Gasteiger partial charge < -0.3 is 14.6 Å². The van der Waals surface area contributed by atoms with Crippen molar-refractivity contribution >= 4 is 11.8 Å². The third kappa shape index (κ3) is 3.23. The molecule has 0 bridgehead atoms. The van der Waals surface area contributed by atoms with Crippen molar-refractivity contribution < 1.29 is 14.6 Å². The van der Waals surface area contributed by atoms with Gasteiger partial charge in [-0.25, -0.2) is 0 Å². The van der Waals surface area contributed by atoms with Crippen LogP contribution >= 0.6 is 11.8 Å². The minimum absolute atomic E-state index is 0.0132. The van der Waals surface area contributed by atoms with Crippen molar-refractivity contribution in [1.29, 1.82) is 0 Å². The average Bonchev–Trinajstić information content (AvgIpc) is 2.19. The van der Waals surface area contributed by atoms with E-state index < -0.39 is 0 Å². The molecule has 0 radical (unpaired) electrons. The molecule has 0 fully saturated rings. The van der Waals surface area contributed by atoms with Crippen molar-refractivity contribution in [3.05, 3.63) is 12.1 Å². The number of thioether (sulfide) groups is 1. The van der Waals surface area contributed by atoms with Crippen LogP contribution in [-0.4, -0.2) is 24.1 Å². The van der Waals surface area contributed by atoms with E-state index in [1.807, 2.05) is 0 Å². The lowest BCUT2D eigenvalue weighted by molar-refractivity contribution is 0.373. The number of aromatic hydroxyl groups is 1. The molecule has 0 saturated heterocycles. The summed E-state index contributed by atoms with van der Waals surface area (Å²) in [6, 6.07) is 3.37. The normalized spacial score (nSPS) is 11.3. The minimum atomic E-state index is 0.0132. The molecule has 0 aliphatic heterocycles. The van der Waals surface area contributed by atoms with Gasteiger partial charge in [-0.2, -0.15) is 0 Å². The van der Waals surface area contributed by atoms with E-state index in [0.717, 1.165) is 4.90 Å². The van der Waals surface area contributed by atoms with E-state index in [-0.39, 0.29) is 10.5 Å². The molecule has 3 nitrogen and oxygen atoms in total. The summed E-state index contributed by atoms with van der Waals surface area (Å²) < 4.78 is 10.3. The molecule has 0 aromatic heterocycles. The number of hydrogen-bond donors (Lipinski definition) is 1. The van der Waals surface area contributed by atoms with Crippen LogP contribution in [0.25, 0.3) is 0 Å². The standard InChI is InChI=1S/C12H18O3S/c1-12(2,3)16-11-9(13)6-8(14-4)7-10(11)15-5/h6-7,13H,1-5H3. The second-order valence-electron chi connectivity index (χ2n) is 4.39. The van der Waals surface area contributed by atoms with Gasteiger partial charge in [0.25, 0.3) is 0 Å². The Morgan fingerprint density at radius 3 is 2.19 bits per heavy atom. The van der Waals surface area contributed by atoms with Crippen LogP contribution in [0, 0.1) is 0 Å². The maximum absolute atomic E-state index is 9.92.